The molecule has 1 aromatic heterocycles. The summed E-state index contributed by atoms with van der Waals surface area (Å²) in [6.45, 7) is 0. The second-order valence-electron chi connectivity index (χ2n) is 4.29. The number of nitrogens with zero attached hydrogens (tertiary/aromatic N) is 1. The molecule has 0 aliphatic carbocycles. The van der Waals surface area contributed by atoms with E-state index in [0.29, 0.717) is 6.42 Å². The molecular formula is C14H17N3OS2. The van der Waals surface area contributed by atoms with Crippen molar-refractivity contribution in [3.8, 4) is 10.6 Å². The Morgan fingerprint density at radius 1 is 1.45 bits per heavy atom. The van der Waals surface area contributed by atoms with Gasteiger partial charge in [-0.25, -0.2) is 4.98 Å². The van der Waals surface area contributed by atoms with Crippen LogP contribution in [0.3, 0.4) is 0 Å². The summed E-state index contributed by atoms with van der Waals surface area (Å²) in [5.41, 5.74) is 7.63. The Kier molecular flexibility index (Phi) is 5.58. The molecule has 0 fully saturated rings. The molecule has 0 spiro atoms. The van der Waals surface area contributed by atoms with Crippen molar-refractivity contribution in [3.63, 3.8) is 0 Å². The van der Waals surface area contributed by atoms with E-state index in [1.807, 2.05) is 35.9 Å². The van der Waals surface area contributed by atoms with E-state index >= 15 is 0 Å². The molecule has 0 saturated carbocycles. The van der Waals surface area contributed by atoms with E-state index in [2.05, 4.69) is 10.3 Å². The van der Waals surface area contributed by atoms with Crippen LogP contribution in [-0.4, -0.2) is 28.9 Å². The Balaban J connectivity index is 1.95. The van der Waals surface area contributed by atoms with Gasteiger partial charge in [-0.3, -0.25) is 4.79 Å². The van der Waals surface area contributed by atoms with Crippen molar-refractivity contribution in [2.75, 3.05) is 17.3 Å². The molecule has 1 atom stereocenters. The number of anilines is 1. The van der Waals surface area contributed by atoms with E-state index in [-0.39, 0.29) is 5.91 Å². The van der Waals surface area contributed by atoms with Gasteiger partial charge in [0.25, 0.3) is 0 Å². The summed E-state index contributed by atoms with van der Waals surface area (Å²) in [4.78, 5) is 16.1. The van der Waals surface area contributed by atoms with Gasteiger partial charge in [0.1, 0.15) is 5.01 Å². The van der Waals surface area contributed by atoms with Gasteiger partial charge in [0.05, 0.1) is 6.04 Å². The summed E-state index contributed by atoms with van der Waals surface area (Å²) in [5.74, 6) is 0.749. The van der Waals surface area contributed by atoms with Crippen LogP contribution >= 0.6 is 23.1 Å². The van der Waals surface area contributed by atoms with Crippen LogP contribution in [0.4, 0.5) is 5.69 Å². The minimum atomic E-state index is -0.457. The smallest absolute Gasteiger partial charge is 0.241 e. The van der Waals surface area contributed by atoms with E-state index in [9.17, 15) is 4.79 Å². The van der Waals surface area contributed by atoms with Crippen LogP contribution in [0.2, 0.25) is 0 Å². The average molecular weight is 307 g/mol. The maximum atomic E-state index is 11.9. The molecule has 20 heavy (non-hydrogen) atoms. The molecule has 0 unspecified atom stereocenters. The van der Waals surface area contributed by atoms with Gasteiger partial charge in [0, 0.05) is 22.8 Å². The van der Waals surface area contributed by atoms with Crippen LogP contribution in [0.5, 0.6) is 0 Å². The molecule has 1 heterocycles. The van der Waals surface area contributed by atoms with Gasteiger partial charge in [0.15, 0.2) is 0 Å². The monoisotopic (exact) mass is 307 g/mol. The minimum Gasteiger partial charge on any atom is -0.325 e. The number of thioether (sulfide) groups is 1. The number of thiazole rings is 1. The van der Waals surface area contributed by atoms with E-state index in [4.69, 9.17) is 5.73 Å². The highest BCUT2D eigenvalue weighted by atomic mass is 32.2. The third-order valence-corrected chi connectivity index (χ3v) is 4.27. The van der Waals surface area contributed by atoms with Crippen molar-refractivity contribution < 1.29 is 4.79 Å². The van der Waals surface area contributed by atoms with Crippen molar-refractivity contribution in [1.29, 1.82) is 0 Å². The maximum Gasteiger partial charge on any atom is 0.241 e. The van der Waals surface area contributed by atoms with Gasteiger partial charge in [-0.05, 0) is 42.7 Å². The van der Waals surface area contributed by atoms with E-state index in [1.54, 1.807) is 29.3 Å². The molecule has 1 amide bonds. The Bertz CT molecular complexity index is 540. The zero-order valence-electron chi connectivity index (χ0n) is 11.2. The van der Waals surface area contributed by atoms with Crippen LogP contribution in [0.15, 0.2) is 35.8 Å². The molecule has 0 aliphatic rings. The van der Waals surface area contributed by atoms with Crippen LogP contribution in [0.25, 0.3) is 10.6 Å². The van der Waals surface area contributed by atoms with Crippen molar-refractivity contribution >= 4 is 34.7 Å². The molecule has 0 bridgehead atoms. The third-order valence-electron chi connectivity index (χ3n) is 2.80. The number of benzene rings is 1. The standard InChI is InChI=1S/C14H17N3OS2/c1-19-8-6-12(15)13(18)17-11-4-2-10(3-5-11)14-16-7-9-20-14/h2-5,7,9,12H,6,8,15H2,1H3,(H,17,18)/t12-/m1/s1. The first kappa shape index (κ1) is 15.0. The van der Waals surface area contributed by atoms with Crippen LogP contribution < -0.4 is 11.1 Å². The first-order valence-corrected chi connectivity index (χ1v) is 8.53. The van der Waals surface area contributed by atoms with Gasteiger partial charge >= 0.3 is 0 Å². The number of hydrogen-bond donors (Lipinski definition) is 2. The van der Waals surface area contributed by atoms with Crippen molar-refractivity contribution in [1.82, 2.24) is 4.98 Å². The lowest BCUT2D eigenvalue weighted by atomic mass is 10.2. The van der Waals surface area contributed by atoms with Gasteiger partial charge in [-0.1, -0.05) is 0 Å². The number of aromatic nitrogens is 1. The number of amides is 1. The summed E-state index contributed by atoms with van der Waals surface area (Å²) in [7, 11) is 0. The second-order valence-corrected chi connectivity index (χ2v) is 6.17. The molecule has 3 N–H and O–H groups in total. The quantitative estimate of drug-likeness (QED) is 0.861. The topological polar surface area (TPSA) is 68.0 Å². The van der Waals surface area contributed by atoms with Crippen LogP contribution in [0, 0.1) is 0 Å². The fraction of sp³-hybridized carbons (Fsp3) is 0.286. The molecule has 4 nitrogen and oxygen atoms in total. The lowest BCUT2D eigenvalue weighted by Crippen LogP contribution is -2.36. The first-order valence-electron chi connectivity index (χ1n) is 6.26. The molecule has 6 heteroatoms. The highest BCUT2D eigenvalue weighted by molar-refractivity contribution is 7.98. The maximum absolute atomic E-state index is 11.9. The van der Waals surface area contributed by atoms with Crippen molar-refractivity contribution in [2.24, 2.45) is 5.73 Å². The summed E-state index contributed by atoms with van der Waals surface area (Å²) in [6.07, 6.45) is 4.46. The molecule has 0 radical (unpaired) electrons. The van der Waals surface area contributed by atoms with Gasteiger partial charge in [-0.2, -0.15) is 11.8 Å². The van der Waals surface area contributed by atoms with E-state index < -0.39 is 6.04 Å². The summed E-state index contributed by atoms with van der Waals surface area (Å²) >= 11 is 3.28. The fourth-order valence-electron chi connectivity index (χ4n) is 1.67. The molecule has 0 aliphatic heterocycles. The number of rotatable bonds is 6. The van der Waals surface area contributed by atoms with Crippen LogP contribution in [-0.2, 0) is 4.79 Å². The second kappa shape index (κ2) is 7.42. The number of nitrogens with two attached hydrogens (primary N) is 1. The number of hydrogen-bond acceptors (Lipinski definition) is 5. The summed E-state index contributed by atoms with van der Waals surface area (Å²) in [5, 5.41) is 5.74. The zero-order chi connectivity index (χ0) is 14.4. The lowest BCUT2D eigenvalue weighted by molar-refractivity contribution is -0.117. The van der Waals surface area contributed by atoms with Crippen molar-refractivity contribution in [3.05, 3.63) is 35.8 Å². The van der Waals surface area contributed by atoms with Crippen molar-refractivity contribution in [2.45, 2.75) is 12.5 Å². The van der Waals surface area contributed by atoms with Gasteiger partial charge in [0.2, 0.25) is 5.91 Å². The van der Waals surface area contributed by atoms with Gasteiger partial charge < -0.3 is 11.1 Å². The normalized spacial score (nSPS) is 12.1. The third kappa shape index (κ3) is 4.06. The molecule has 1 aromatic carbocycles. The number of carbonyl (C=O) groups excluding carboxylic acids is 1. The summed E-state index contributed by atoms with van der Waals surface area (Å²) in [6, 6.07) is 7.18. The Morgan fingerprint density at radius 2 is 2.20 bits per heavy atom. The SMILES string of the molecule is CSCC[C@@H](N)C(=O)Nc1ccc(-c2nccs2)cc1. The highest BCUT2D eigenvalue weighted by Crippen LogP contribution is 2.23. The molecular weight excluding hydrogens is 290 g/mol. The predicted molar refractivity (Wildman–Crippen MR) is 87.2 cm³/mol. The molecule has 2 rings (SSSR count). The Morgan fingerprint density at radius 3 is 2.80 bits per heavy atom. The molecule has 106 valence electrons. The first-order chi connectivity index (χ1) is 9.70. The Hall–Kier alpha value is -1.37. The summed E-state index contributed by atoms with van der Waals surface area (Å²) < 4.78 is 0. The zero-order valence-corrected chi connectivity index (χ0v) is 12.8. The lowest BCUT2D eigenvalue weighted by Gasteiger charge is -2.11. The van der Waals surface area contributed by atoms with E-state index in [1.165, 1.54) is 0 Å². The Labute approximate surface area is 126 Å². The highest BCUT2D eigenvalue weighted by Gasteiger charge is 2.12. The largest absolute Gasteiger partial charge is 0.325 e. The van der Waals surface area contributed by atoms with Gasteiger partial charge in [-0.15, -0.1) is 11.3 Å². The number of carbonyl (C=O) groups is 1. The minimum absolute atomic E-state index is 0.138. The predicted octanol–water partition coefficient (Wildman–Crippen LogP) is 2.83. The molecule has 2 aromatic rings. The number of nitrogens with one attached hydrogen (secondary N) is 1. The van der Waals surface area contributed by atoms with Crippen LogP contribution in [0.1, 0.15) is 6.42 Å². The average Bonchev–Trinajstić information content (AvgIpc) is 2.99. The fourth-order valence-corrected chi connectivity index (χ4v) is 2.81. The molecule has 0 saturated heterocycles. The van der Waals surface area contributed by atoms with E-state index in [0.717, 1.165) is 22.0 Å².